The standard InChI is InChI=1S/C23H20N4O/c1-16-8-12-19(13-9-16)24-22-23(27(28)20-14-10-17(2)11-15-20)26-21(25-22)18-6-4-3-5-7-18/h3-15,28H,1-2H3. The Bertz CT molecular complexity index is 1070. The van der Waals surface area contributed by atoms with Gasteiger partial charge in [0.25, 0.3) is 0 Å². The van der Waals surface area contributed by atoms with Crippen LogP contribution in [0.1, 0.15) is 16.7 Å². The highest BCUT2D eigenvalue weighted by Gasteiger charge is 2.25. The van der Waals surface area contributed by atoms with Crippen molar-refractivity contribution in [1.29, 1.82) is 0 Å². The summed E-state index contributed by atoms with van der Waals surface area (Å²) in [6, 6.07) is 25.0. The van der Waals surface area contributed by atoms with Crippen molar-refractivity contribution in [1.82, 2.24) is 0 Å². The van der Waals surface area contributed by atoms with Crippen LogP contribution in [0.4, 0.5) is 11.4 Å². The van der Waals surface area contributed by atoms with Crippen molar-refractivity contribution in [3.63, 3.8) is 0 Å². The molecule has 0 saturated heterocycles. The first-order chi connectivity index (χ1) is 13.6. The van der Waals surface area contributed by atoms with E-state index in [1.54, 1.807) is 0 Å². The van der Waals surface area contributed by atoms with Gasteiger partial charge >= 0.3 is 0 Å². The van der Waals surface area contributed by atoms with Crippen LogP contribution in [0.2, 0.25) is 0 Å². The summed E-state index contributed by atoms with van der Waals surface area (Å²) in [7, 11) is 0. The van der Waals surface area contributed by atoms with E-state index in [2.05, 4.69) is 15.0 Å². The van der Waals surface area contributed by atoms with Gasteiger partial charge < -0.3 is 0 Å². The molecule has 138 valence electrons. The minimum absolute atomic E-state index is 0.295. The van der Waals surface area contributed by atoms with E-state index in [0.29, 0.717) is 23.2 Å². The van der Waals surface area contributed by atoms with Crippen molar-refractivity contribution >= 4 is 28.9 Å². The van der Waals surface area contributed by atoms with E-state index in [9.17, 15) is 5.21 Å². The number of hydrogen-bond donors (Lipinski definition) is 1. The van der Waals surface area contributed by atoms with Gasteiger partial charge in [0.1, 0.15) is 0 Å². The van der Waals surface area contributed by atoms with E-state index in [0.717, 1.165) is 27.4 Å². The molecule has 1 aliphatic heterocycles. The molecule has 0 saturated carbocycles. The summed E-state index contributed by atoms with van der Waals surface area (Å²) < 4.78 is 0. The predicted octanol–water partition coefficient (Wildman–Crippen LogP) is 5.09. The predicted molar refractivity (Wildman–Crippen MR) is 114 cm³/mol. The summed E-state index contributed by atoms with van der Waals surface area (Å²) >= 11 is 0. The Morgan fingerprint density at radius 1 is 0.750 bits per heavy atom. The lowest BCUT2D eigenvalue weighted by Gasteiger charge is -2.16. The summed E-state index contributed by atoms with van der Waals surface area (Å²) in [6.07, 6.45) is 0. The Balaban J connectivity index is 1.76. The van der Waals surface area contributed by atoms with Gasteiger partial charge in [-0.3, -0.25) is 5.21 Å². The van der Waals surface area contributed by atoms with Crippen LogP contribution in [0.15, 0.2) is 93.8 Å². The van der Waals surface area contributed by atoms with Gasteiger partial charge in [-0.05, 0) is 38.1 Å². The van der Waals surface area contributed by atoms with E-state index >= 15 is 0 Å². The molecule has 3 aromatic carbocycles. The van der Waals surface area contributed by atoms with E-state index in [1.807, 2.05) is 92.7 Å². The monoisotopic (exact) mass is 368 g/mol. The van der Waals surface area contributed by atoms with Gasteiger partial charge in [-0.15, -0.1) is 0 Å². The molecule has 0 atom stereocenters. The van der Waals surface area contributed by atoms with E-state index < -0.39 is 0 Å². The first kappa shape index (κ1) is 17.8. The largest absolute Gasteiger partial charge is 0.282 e. The lowest BCUT2D eigenvalue weighted by atomic mass is 10.2. The molecule has 0 aromatic heterocycles. The smallest absolute Gasteiger partial charge is 0.205 e. The Kier molecular flexibility index (Phi) is 4.83. The van der Waals surface area contributed by atoms with Crippen LogP contribution >= 0.6 is 0 Å². The minimum Gasteiger partial charge on any atom is -0.282 e. The Morgan fingerprint density at radius 3 is 2.00 bits per heavy atom. The first-order valence-corrected chi connectivity index (χ1v) is 9.04. The number of hydroxylamine groups is 1. The SMILES string of the molecule is Cc1ccc(N=C2N=C(c3ccccc3)N=C2N(O)c2ccc(C)cc2)cc1. The van der Waals surface area contributed by atoms with Gasteiger partial charge in [0.15, 0.2) is 5.84 Å². The molecule has 0 radical (unpaired) electrons. The van der Waals surface area contributed by atoms with Gasteiger partial charge in [0.2, 0.25) is 11.7 Å². The lowest BCUT2D eigenvalue weighted by Crippen LogP contribution is -2.31. The fourth-order valence-electron chi connectivity index (χ4n) is 2.81. The zero-order valence-electron chi connectivity index (χ0n) is 15.7. The molecule has 1 heterocycles. The molecule has 1 aliphatic rings. The highest BCUT2D eigenvalue weighted by molar-refractivity contribution is 6.51. The summed E-state index contributed by atoms with van der Waals surface area (Å²) in [5.41, 5.74) is 4.49. The second-order valence-corrected chi connectivity index (χ2v) is 6.66. The highest BCUT2D eigenvalue weighted by Crippen LogP contribution is 2.21. The Morgan fingerprint density at radius 2 is 1.36 bits per heavy atom. The number of aliphatic imine (C=N–C) groups is 3. The number of benzene rings is 3. The number of amidine groups is 3. The van der Waals surface area contributed by atoms with E-state index in [1.165, 1.54) is 0 Å². The maximum atomic E-state index is 10.8. The number of hydrogen-bond acceptors (Lipinski definition) is 4. The normalized spacial score (nSPS) is 14.8. The molecule has 1 N–H and O–H groups in total. The van der Waals surface area contributed by atoms with Crippen LogP contribution in [0.5, 0.6) is 0 Å². The van der Waals surface area contributed by atoms with Crippen molar-refractivity contribution in [2.75, 3.05) is 5.06 Å². The highest BCUT2D eigenvalue weighted by atomic mass is 16.5. The Labute approximate surface area is 164 Å². The van der Waals surface area contributed by atoms with Gasteiger partial charge in [-0.25, -0.2) is 20.0 Å². The maximum Gasteiger partial charge on any atom is 0.205 e. The fourth-order valence-corrected chi connectivity index (χ4v) is 2.81. The molecule has 0 bridgehead atoms. The summed E-state index contributed by atoms with van der Waals surface area (Å²) in [5.74, 6) is 1.18. The van der Waals surface area contributed by atoms with Gasteiger partial charge in [-0.2, -0.15) is 0 Å². The summed E-state index contributed by atoms with van der Waals surface area (Å²) in [4.78, 5) is 13.8. The first-order valence-electron chi connectivity index (χ1n) is 9.04. The summed E-state index contributed by atoms with van der Waals surface area (Å²) in [5, 5.41) is 11.9. The maximum absolute atomic E-state index is 10.8. The second-order valence-electron chi connectivity index (χ2n) is 6.66. The quantitative estimate of drug-likeness (QED) is 0.655. The number of rotatable bonds is 3. The van der Waals surface area contributed by atoms with E-state index in [-0.39, 0.29) is 0 Å². The number of nitrogens with zero attached hydrogens (tertiary/aromatic N) is 4. The molecular weight excluding hydrogens is 348 g/mol. The molecule has 5 nitrogen and oxygen atoms in total. The molecule has 3 aromatic rings. The van der Waals surface area contributed by atoms with Crippen LogP contribution in [0.25, 0.3) is 0 Å². The molecule has 0 spiro atoms. The van der Waals surface area contributed by atoms with Crippen LogP contribution in [0.3, 0.4) is 0 Å². The third kappa shape index (κ3) is 3.75. The van der Waals surface area contributed by atoms with Crippen molar-refractivity contribution in [2.45, 2.75) is 13.8 Å². The molecular formula is C23H20N4O. The topological polar surface area (TPSA) is 60.5 Å². The third-order valence-corrected chi connectivity index (χ3v) is 4.40. The van der Waals surface area contributed by atoms with Gasteiger partial charge in [0.05, 0.1) is 11.4 Å². The fraction of sp³-hybridized carbons (Fsp3) is 0.0870. The van der Waals surface area contributed by atoms with Crippen LogP contribution in [-0.2, 0) is 0 Å². The molecule has 4 rings (SSSR count). The third-order valence-electron chi connectivity index (χ3n) is 4.40. The van der Waals surface area contributed by atoms with Crippen molar-refractivity contribution < 1.29 is 5.21 Å². The average Bonchev–Trinajstić information content (AvgIpc) is 3.14. The summed E-state index contributed by atoms with van der Waals surface area (Å²) in [6.45, 7) is 4.03. The molecule has 0 fully saturated rings. The molecule has 0 amide bonds. The number of aryl methyl sites for hydroxylation is 2. The molecule has 0 unspecified atom stereocenters. The van der Waals surface area contributed by atoms with Crippen molar-refractivity contribution in [3.8, 4) is 0 Å². The molecule has 0 aliphatic carbocycles. The average molecular weight is 368 g/mol. The van der Waals surface area contributed by atoms with Gasteiger partial charge in [0, 0.05) is 5.56 Å². The van der Waals surface area contributed by atoms with Gasteiger partial charge in [-0.1, -0.05) is 65.7 Å². The molecule has 5 heteroatoms. The van der Waals surface area contributed by atoms with Crippen LogP contribution < -0.4 is 5.06 Å². The molecule has 28 heavy (non-hydrogen) atoms. The van der Waals surface area contributed by atoms with Crippen molar-refractivity contribution in [3.05, 3.63) is 95.6 Å². The Hall–Kier alpha value is -3.57. The lowest BCUT2D eigenvalue weighted by molar-refractivity contribution is 0.314. The zero-order chi connectivity index (χ0) is 19.5. The minimum atomic E-state index is 0.295. The van der Waals surface area contributed by atoms with E-state index in [4.69, 9.17) is 0 Å². The van der Waals surface area contributed by atoms with Crippen LogP contribution in [-0.4, -0.2) is 22.7 Å². The van der Waals surface area contributed by atoms with Crippen molar-refractivity contribution in [2.24, 2.45) is 15.0 Å². The second kappa shape index (κ2) is 7.58. The zero-order valence-corrected chi connectivity index (χ0v) is 15.7. The van der Waals surface area contributed by atoms with Crippen LogP contribution in [0, 0.1) is 13.8 Å². The number of anilines is 1.